The first-order valence-electron chi connectivity index (χ1n) is 10.7. The summed E-state index contributed by atoms with van der Waals surface area (Å²) in [5, 5.41) is 33.8. The lowest BCUT2D eigenvalue weighted by Crippen LogP contribution is -2.38. The maximum atomic E-state index is 9.65. The minimum Gasteiger partial charge on any atom is -0.381 e. The van der Waals surface area contributed by atoms with Crippen LogP contribution in [0.4, 0.5) is 11.6 Å². The molecular weight excluding hydrogens is 436 g/mol. The molecule has 35 heavy (non-hydrogen) atoms. The molecule has 5 aromatic rings. The third-order valence-electron chi connectivity index (χ3n) is 5.74. The molecule has 0 saturated carbocycles. The molecule has 3 aromatic carbocycles. The number of nitrogen functional groups attached to an aromatic ring is 1. The average molecular weight is 454 g/mol. The summed E-state index contributed by atoms with van der Waals surface area (Å²) >= 11 is 0. The van der Waals surface area contributed by atoms with Gasteiger partial charge in [0.1, 0.15) is 34.6 Å². The van der Waals surface area contributed by atoms with Crippen molar-refractivity contribution in [1.29, 1.82) is 10.5 Å². The lowest BCUT2D eigenvalue weighted by atomic mass is 9.77. The van der Waals surface area contributed by atoms with Crippen LogP contribution >= 0.6 is 0 Å². The first kappa shape index (κ1) is 21.3. The average Bonchev–Trinajstić information content (AvgIpc) is 3.53. The van der Waals surface area contributed by atoms with E-state index in [0.29, 0.717) is 22.6 Å². The van der Waals surface area contributed by atoms with Crippen molar-refractivity contribution in [2.24, 2.45) is 0 Å². The largest absolute Gasteiger partial charge is 0.381 e. The molecule has 5 rings (SSSR count). The third-order valence-corrected chi connectivity index (χ3v) is 5.74. The fraction of sp³-hybridized carbons (Fsp3) is 0.0370. The highest BCUT2D eigenvalue weighted by atomic mass is 15.3. The summed E-state index contributed by atoms with van der Waals surface area (Å²) < 4.78 is 1.54. The number of H-pyrrole nitrogens is 1. The molecule has 0 unspecified atom stereocenters. The number of rotatable bonds is 6. The molecule has 2 aromatic heterocycles. The molecule has 0 amide bonds. The van der Waals surface area contributed by atoms with E-state index in [0.717, 1.165) is 11.1 Å². The van der Waals surface area contributed by atoms with Crippen LogP contribution in [0.1, 0.15) is 27.8 Å². The predicted molar refractivity (Wildman–Crippen MR) is 130 cm³/mol. The summed E-state index contributed by atoms with van der Waals surface area (Å²) in [6.45, 7) is 0. The van der Waals surface area contributed by atoms with E-state index in [9.17, 15) is 10.5 Å². The van der Waals surface area contributed by atoms with Crippen LogP contribution in [-0.4, -0.2) is 20.0 Å². The zero-order valence-electron chi connectivity index (χ0n) is 18.4. The Morgan fingerprint density at radius 2 is 1.63 bits per heavy atom. The molecule has 0 fully saturated rings. The van der Waals surface area contributed by atoms with Crippen molar-refractivity contribution >= 4 is 11.6 Å². The minimum atomic E-state index is -0.982. The molecule has 0 bridgehead atoms. The quantitative estimate of drug-likeness (QED) is 0.356. The van der Waals surface area contributed by atoms with Gasteiger partial charge in [0.15, 0.2) is 5.82 Å². The third kappa shape index (κ3) is 3.70. The molecule has 166 valence electrons. The Bertz CT molecular complexity index is 1510. The van der Waals surface area contributed by atoms with Gasteiger partial charge in [-0.2, -0.15) is 15.6 Å². The van der Waals surface area contributed by atoms with Crippen molar-refractivity contribution in [3.63, 3.8) is 0 Å². The summed E-state index contributed by atoms with van der Waals surface area (Å²) in [5.74, 6) is 0.614. The summed E-state index contributed by atoms with van der Waals surface area (Å²) in [6, 6.07) is 33.9. The number of anilines is 2. The topological polar surface area (TPSA) is 132 Å². The van der Waals surface area contributed by atoms with Crippen LogP contribution in [0.5, 0.6) is 0 Å². The zero-order chi connectivity index (χ0) is 24.3. The number of hydrogen-bond donors (Lipinski definition) is 3. The number of nitrogens with zero attached hydrogens (tertiary/aromatic N) is 5. The van der Waals surface area contributed by atoms with Crippen LogP contribution in [0.25, 0.3) is 5.69 Å². The van der Waals surface area contributed by atoms with Crippen molar-refractivity contribution in [2.75, 3.05) is 11.1 Å². The highest BCUT2D eigenvalue weighted by molar-refractivity contribution is 5.62. The molecule has 0 aliphatic heterocycles. The molecule has 0 spiro atoms. The molecule has 0 aliphatic carbocycles. The van der Waals surface area contributed by atoms with Gasteiger partial charge in [0.05, 0.1) is 18.1 Å². The van der Waals surface area contributed by atoms with E-state index in [1.807, 2.05) is 72.8 Å². The van der Waals surface area contributed by atoms with Gasteiger partial charge in [0, 0.05) is 11.6 Å². The molecule has 2 heterocycles. The zero-order valence-corrected chi connectivity index (χ0v) is 18.4. The minimum absolute atomic E-state index is 0.147. The normalized spacial score (nSPS) is 10.7. The van der Waals surface area contributed by atoms with E-state index in [1.54, 1.807) is 16.9 Å². The number of aromatic nitrogens is 4. The Morgan fingerprint density at radius 1 is 0.971 bits per heavy atom. The molecule has 0 atom stereocenters. The van der Waals surface area contributed by atoms with Crippen molar-refractivity contribution < 1.29 is 0 Å². The molecule has 8 nitrogen and oxygen atoms in total. The molecule has 4 N–H and O–H groups in total. The maximum absolute atomic E-state index is 9.65. The lowest BCUT2D eigenvalue weighted by Gasteiger charge is -2.36. The maximum Gasteiger partial charge on any atom is 0.163 e. The first-order chi connectivity index (χ1) is 17.2. The fourth-order valence-corrected chi connectivity index (χ4v) is 4.07. The van der Waals surface area contributed by atoms with E-state index in [2.05, 4.69) is 38.8 Å². The van der Waals surface area contributed by atoms with Gasteiger partial charge in [-0.3, -0.25) is 5.10 Å². The Kier molecular flexibility index (Phi) is 5.35. The number of nitrogens with two attached hydrogens (primary N) is 1. The molecule has 0 saturated heterocycles. The number of benzene rings is 2. The summed E-state index contributed by atoms with van der Waals surface area (Å²) in [4.78, 5) is 0. The van der Waals surface area contributed by atoms with Gasteiger partial charge >= 0.3 is 0 Å². The predicted octanol–water partition coefficient (Wildman–Crippen LogP) is 3.93. The van der Waals surface area contributed by atoms with Gasteiger partial charge in [0.2, 0.25) is 0 Å². The van der Waals surface area contributed by atoms with Gasteiger partial charge in [-0.25, -0.2) is 4.68 Å². The first-order valence-corrected chi connectivity index (χ1v) is 10.7. The van der Waals surface area contributed by atoms with Crippen molar-refractivity contribution in [2.45, 2.75) is 5.54 Å². The second-order valence-electron chi connectivity index (χ2n) is 7.76. The van der Waals surface area contributed by atoms with Crippen LogP contribution in [0.15, 0.2) is 85.2 Å². The SMILES string of the molecule is N#Cc1cn(-c2cc#cc(C(Nc3[nH]ncc3C#N)(c3ccccc3)c3ccccc3)c2)nc1N. The Balaban J connectivity index is 1.79. The van der Waals surface area contributed by atoms with E-state index >= 15 is 0 Å². The summed E-state index contributed by atoms with van der Waals surface area (Å²) in [5.41, 5.74) is 8.74. The monoisotopic (exact) mass is 454 g/mol. The second kappa shape index (κ2) is 8.78. The Hall–Kier alpha value is -5.52. The molecule has 0 radical (unpaired) electrons. The van der Waals surface area contributed by atoms with E-state index in [1.165, 1.54) is 6.20 Å². The summed E-state index contributed by atoms with van der Waals surface area (Å²) in [6.07, 6.45) is 3.05. The van der Waals surface area contributed by atoms with Gasteiger partial charge in [-0.15, -0.1) is 5.10 Å². The number of nitrogens with one attached hydrogen (secondary N) is 2. The van der Waals surface area contributed by atoms with Crippen molar-refractivity contribution in [3.8, 4) is 17.8 Å². The standard InChI is InChI=1S/C27H18N8/c28-15-19-17-31-33-26(19)32-27(21-8-3-1-4-9-21,22-10-5-2-6-11-22)23-12-7-13-24(14-23)35-18-20(16-29)25(30)34-35/h1-6,8-11,13-14,17-18H,(H2,30,34)(H2,31,32,33). The molecule has 8 heteroatoms. The van der Waals surface area contributed by atoms with Crippen molar-refractivity contribution in [1.82, 2.24) is 20.0 Å². The van der Waals surface area contributed by atoms with Crippen LogP contribution < -0.4 is 11.1 Å². The highest BCUT2D eigenvalue weighted by Gasteiger charge is 2.38. The number of nitriles is 2. The molecular formula is C27H18N8. The fourth-order valence-electron chi connectivity index (χ4n) is 4.07. The van der Waals surface area contributed by atoms with Gasteiger partial charge in [-0.1, -0.05) is 72.8 Å². The van der Waals surface area contributed by atoms with Crippen molar-refractivity contribution in [3.05, 3.63) is 125 Å². The number of aromatic amines is 1. The Morgan fingerprint density at radius 3 is 2.23 bits per heavy atom. The van der Waals surface area contributed by atoms with Gasteiger partial charge < -0.3 is 11.1 Å². The van der Waals surface area contributed by atoms with Crippen LogP contribution in [0.3, 0.4) is 0 Å². The van der Waals surface area contributed by atoms with Crippen LogP contribution in [0.2, 0.25) is 0 Å². The van der Waals surface area contributed by atoms with Gasteiger partial charge in [0.25, 0.3) is 0 Å². The highest BCUT2D eigenvalue weighted by Crippen LogP contribution is 2.40. The van der Waals surface area contributed by atoms with E-state index in [-0.39, 0.29) is 11.4 Å². The second-order valence-corrected chi connectivity index (χ2v) is 7.76. The van der Waals surface area contributed by atoms with Gasteiger partial charge in [-0.05, 0) is 17.2 Å². The smallest absolute Gasteiger partial charge is 0.163 e. The van der Waals surface area contributed by atoms with E-state index in [4.69, 9.17) is 5.73 Å². The lowest BCUT2D eigenvalue weighted by molar-refractivity contribution is 0.703. The molecule has 0 aliphatic rings. The number of hydrogen-bond acceptors (Lipinski definition) is 6. The Labute approximate surface area is 201 Å². The van der Waals surface area contributed by atoms with Crippen LogP contribution in [-0.2, 0) is 5.54 Å². The van der Waals surface area contributed by atoms with E-state index < -0.39 is 5.54 Å². The summed E-state index contributed by atoms with van der Waals surface area (Å²) in [7, 11) is 0. The van der Waals surface area contributed by atoms with Crippen LogP contribution in [0, 0.1) is 34.8 Å².